The minimum absolute atomic E-state index is 0.838. The molecule has 2 fully saturated rings. The molecule has 2 aliphatic carbocycles. The van der Waals surface area contributed by atoms with Gasteiger partial charge >= 0.3 is 0 Å². The highest BCUT2D eigenvalue weighted by atomic mass is 14.3. The van der Waals surface area contributed by atoms with Gasteiger partial charge in [-0.05, 0) is 86.2 Å². The van der Waals surface area contributed by atoms with Crippen LogP contribution in [0.15, 0.2) is 24.3 Å². The van der Waals surface area contributed by atoms with Crippen LogP contribution in [0, 0.1) is 11.8 Å². The first kappa shape index (κ1) is 22.9. The topological polar surface area (TPSA) is 0 Å². The molecule has 1 aromatic carbocycles. The van der Waals surface area contributed by atoms with Crippen LogP contribution in [0.2, 0.25) is 0 Å². The van der Waals surface area contributed by atoms with Crippen molar-refractivity contribution in [3.05, 3.63) is 35.4 Å². The summed E-state index contributed by atoms with van der Waals surface area (Å²) >= 11 is 0. The first-order valence-electron chi connectivity index (χ1n) is 13.4. The Morgan fingerprint density at radius 3 is 1.45 bits per heavy atom. The summed E-state index contributed by atoms with van der Waals surface area (Å²) in [6, 6.07) is 9.96. The van der Waals surface area contributed by atoms with Crippen LogP contribution in [0.5, 0.6) is 0 Å². The highest BCUT2D eigenvalue weighted by Gasteiger charge is 2.24. The molecule has 29 heavy (non-hydrogen) atoms. The lowest BCUT2D eigenvalue weighted by molar-refractivity contribution is 0.301. The van der Waals surface area contributed by atoms with Gasteiger partial charge < -0.3 is 0 Å². The largest absolute Gasteiger partial charge is 0.0654 e. The highest BCUT2D eigenvalue weighted by molar-refractivity contribution is 5.28. The van der Waals surface area contributed by atoms with E-state index in [4.69, 9.17) is 0 Å². The standard InChI is InChI=1S/C29H48/c1-3-5-6-7-8-9-11-25-14-18-27(19-15-25)29-22-20-28(21-23-29)26-16-12-24(10-4-2)13-17-26/h20-27H,3-19H2,1-2H3. The number of hydrogen-bond acceptors (Lipinski definition) is 0. The molecule has 164 valence electrons. The second kappa shape index (κ2) is 12.8. The maximum atomic E-state index is 2.49. The fourth-order valence-corrected chi connectivity index (χ4v) is 6.23. The smallest absolute Gasteiger partial charge is 0.0162 e. The summed E-state index contributed by atoms with van der Waals surface area (Å²) in [4.78, 5) is 0. The van der Waals surface area contributed by atoms with E-state index in [-0.39, 0.29) is 0 Å². The van der Waals surface area contributed by atoms with E-state index in [9.17, 15) is 0 Å². The Bertz CT molecular complexity index is 526. The molecule has 0 heterocycles. The Hall–Kier alpha value is -0.780. The van der Waals surface area contributed by atoms with Gasteiger partial charge in [-0.15, -0.1) is 0 Å². The second-order valence-electron chi connectivity index (χ2n) is 10.4. The van der Waals surface area contributed by atoms with Crippen LogP contribution in [0.1, 0.15) is 146 Å². The lowest BCUT2D eigenvalue weighted by Crippen LogP contribution is -2.14. The van der Waals surface area contributed by atoms with Crippen molar-refractivity contribution in [2.45, 2.75) is 135 Å². The van der Waals surface area contributed by atoms with Crippen molar-refractivity contribution in [2.75, 3.05) is 0 Å². The van der Waals surface area contributed by atoms with Crippen molar-refractivity contribution in [1.82, 2.24) is 0 Å². The van der Waals surface area contributed by atoms with Crippen LogP contribution in [-0.4, -0.2) is 0 Å². The minimum Gasteiger partial charge on any atom is -0.0654 e. The van der Waals surface area contributed by atoms with Crippen molar-refractivity contribution in [3.8, 4) is 0 Å². The fraction of sp³-hybridized carbons (Fsp3) is 0.793. The predicted octanol–water partition coefficient (Wildman–Crippen LogP) is 9.78. The lowest BCUT2D eigenvalue weighted by atomic mass is 9.75. The first-order valence-corrected chi connectivity index (χ1v) is 13.4. The lowest BCUT2D eigenvalue weighted by Gasteiger charge is -2.30. The van der Waals surface area contributed by atoms with E-state index in [1.54, 1.807) is 11.1 Å². The summed E-state index contributed by atoms with van der Waals surface area (Å²) in [5.41, 5.74) is 3.26. The average Bonchev–Trinajstić information content (AvgIpc) is 2.78. The normalized spacial score (nSPS) is 27.8. The number of rotatable bonds is 11. The highest BCUT2D eigenvalue weighted by Crippen LogP contribution is 2.40. The summed E-state index contributed by atoms with van der Waals surface area (Å²) in [7, 11) is 0. The van der Waals surface area contributed by atoms with Crippen molar-refractivity contribution in [2.24, 2.45) is 11.8 Å². The van der Waals surface area contributed by atoms with Gasteiger partial charge in [-0.2, -0.15) is 0 Å². The van der Waals surface area contributed by atoms with E-state index < -0.39 is 0 Å². The Labute approximate surface area is 182 Å². The summed E-state index contributed by atoms with van der Waals surface area (Å²) in [5.74, 6) is 3.72. The van der Waals surface area contributed by atoms with Gasteiger partial charge in [0.25, 0.3) is 0 Å². The Kier molecular flexibility index (Phi) is 10.1. The molecule has 0 nitrogen and oxygen atoms in total. The monoisotopic (exact) mass is 396 g/mol. The molecule has 0 spiro atoms. The SMILES string of the molecule is CCCCCCCCC1CCC(c2ccc(C3CCC(CCC)CC3)cc2)CC1. The summed E-state index contributed by atoms with van der Waals surface area (Å²) < 4.78 is 0. The van der Waals surface area contributed by atoms with Crippen LogP contribution in [-0.2, 0) is 0 Å². The van der Waals surface area contributed by atoms with Crippen LogP contribution >= 0.6 is 0 Å². The summed E-state index contributed by atoms with van der Waals surface area (Å²) in [6.45, 7) is 4.65. The molecule has 0 radical (unpaired) electrons. The van der Waals surface area contributed by atoms with Crippen LogP contribution in [0.25, 0.3) is 0 Å². The van der Waals surface area contributed by atoms with Gasteiger partial charge in [0, 0.05) is 0 Å². The zero-order valence-electron chi connectivity index (χ0n) is 19.6. The molecule has 0 aliphatic heterocycles. The maximum Gasteiger partial charge on any atom is -0.0162 e. The van der Waals surface area contributed by atoms with Gasteiger partial charge in [0.2, 0.25) is 0 Å². The molecular weight excluding hydrogens is 348 g/mol. The van der Waals surface area contributed by atoms with E-state index in [0.29, 0.717) is 0 Å². The van der Waals surface area contributed by atoms with Crippen molar-refractivity contribution < 1.29 is 0 Å². The zero-order valence-corrected chi connectivity index (χ0v) is 19.6. The number of hydrogen-bond donors (Lipinski definition) is 0. The van der Waals surface area contributed by atoms with Gasteiger partial charge in [-0.25, -0.2) is 0 Å². The van der Waals surface area contributed by atoms with E-state index in [0.717, 1.165) is 23.7 Å². The molecule has 0 aromatic heterocycles. The quantitative estimate of drug-likeness (QED) is 0.326. The molecule has 2 aliphatic rings. The summed E-state index contributed by atoms with van der Waals surface area (Å²) in [5, 5.41) is 0. The summed E-state index contributed by atoms with van der Waals surface area (Å²) in [6.07, 6.45) is 24.6. The molecule has 0 saturated heterocycles. The molecule has 0 amide bonds. The van der Waals surface area contributed by atoms with E-state index in [1.807, 2.05) is 0 Å². The molecule has 0 atom stereocenters. The molecule has 0 bridgehead atoms. The molecule has 0 N–H and O–H groups in total. The Balaban J connectivity index is 1.36. The molecular formula is C29H48. The van der Waals surface area contributed by atoms with E-state index in [2.05, 4.69) is 38.1 Å². The Morgan fingerprint density at radius 2 is 0.966 bits per heavy atom. The molecule has 3 rings (SSSR count). The third kappa shape index (κ3) is 7.45. The molecule has 0 unspecified atom stereocenters. The average molecular weight is 397 g/mol. The second-order valence-corrected chi connectivity index (χ2v) is 10.4. The van der Waals surface area contributed by atoms with Gasteiger partial charge in [0.05, 0.1) is 0 Å². The van der Waals surface area contributed by atoms with Gasteiger partial charge in [-0.3, -0.25) is 0 Å². The van der Waals surface area contributed by atoms with Crippen LogP contribution < -0.4 is 0 Å². The number of benzene rings is 1. The molecule has 2 saturated carbocycles. The third-order valence-electron chi connectivity index (χ3n) is 8.24. The van der Waals surface area contributed by atoms with Gasteiger partial charge in [0.15, 0.2) is 0 Å². The van der Waals surface area contributed by atoms with Crippen molar-refractivity contribution in [1.29, 1.82) is 0 Å². The first-order chi connectivity index (χ1) is 14.3. The fourth-order valence-electron chi connectivity index (χ4n) is 6.23. The predicted molar refractivity (Wildman–Crippen MR) is 129 cm³/mol. The molecule has 0 heteroatoms. The number of unbranched alkanes of at least 4 members (excludes halogenated alkanes) is 5. The van der Waals surface area contributed by atoms with E-state index in [1.165, 1.54) is 109 Å². The van der Waals surface area contributed by atoms with Crippen LogP contribution in [0.4, 0.5) is 0 Å². The minimum atomic E-state index is 0.838. The Morgan fingerprint density at radius 1 is 0.517 bits per heavy atom. The maximum absolute atomic E-state index is 2.49. The molecule has 1 aromatic rings. The van der Waals surface area contributed by atoms with Gasteiger partial charge in [-0.1, -0.05) is 95.9 Å². The van der Waals surface area contributed by atoms with Gasteiger partial charge in [0.1, 0.15) is 0 Å². The zero-order chi connectivity index (χ0) is 20.3. The van der Waals surface area contributed by atoms with Crippen LogP contribution in [0.3, 0.4) is 0 Å². The third-order valence-corrected chi connectivity index (χ3v) is 8.24. The van der Waals surface area contributed by atoms with Crippen molar-refractivity contribution in [3.63, 3.8) is 0 Å². The van der Waals surface area contributed by atoms with E-state index >= 15 is 0 Å². The van der Waals surface area contributed by atoms with Crippen molar-refractivity contribution >= 4 is 0 Å².